The van der Waals surface area contributed by atoms with Crippen LogP contribution in [-0.4, -0.2) is 33.9 Å². The first-order chi connectivity index (χ1) is 11.7. The molecule has 128 valence electrons. The second-order valence-electron chi connectivity index (χ2n) is 5.04. The van der Waals surface area contributed by atoms with Gasteiger partial charge in [0.2, 0.25) is 0 Å². The highest BCUT2D eigenvalue weighted by Gasteiger charge is 2.07. The molecule has 2 rings (SSSR count). The summed E-state index contributed by atoms with van der Waals surface area (Å²) in [6.07, 6.45) is 0.679. The molecule has 0 aliphatic carbocycles. The lowest BCUT2D eigenvalue weighted by Crippen LogP contribution is -2.30. The van der Waals surface area contributed by atoms with Crippen LogP contribution in [0.2, 0.25) is 0 Å². The van der Waals surface area contributed by atoms with E-state index in [0.29, 0.717) is 30.2 Å². The van der Waals surface area contributed by atoms with Crippen LogP contribution in [0.4, 0.5) is 10.5 Å². The normalized spacial score (nSPS) is 9.96. The quantitative estimate of drug-likeness (QED) is 0.818. The van der Waals surface area contributed by atoms with Gasteiger partial charge >= 0.3 is 6.03 Å². The summed E-state index contributed by atoms with van der Waals surface area (Å²) in [4.78, 5) is 12.0. The molecule has 0 fully saturated rings. The maximum absolute atomic E-state index is 12.0. The zero-order valence-electron chi connectivity index (χ0n) is 14.1. The summed E-state index contributed by atoms with van der Waals surface area (Å²) in [5.41, 5.74) is 1.64. The molecule has 0 saturated carbocycles. The van der Waals surface area contributed by atoms with Crippen LogP contribution in [0.5, 0.6) is 17.2 Å². The molecule has 2 amide bonds. The third-order valence-electron chi connectivity index (χ3n) is 3.48. The highest BCUT2D eigenvalue weighted by molar-refractivity contribution is 5.89. The van der Waals surface area contributed by atoms with Gasteiger partial charge < -0.3 is 24.8 Å². The Balaban J connectivity index is 1.89. The van der Waals surface area contributed by atoms with Crippen LogP contribution < -0.4 is 24.8 Å². The van der Waals surface area contributed by atoms with Crippen molar-refractivity contribution in [2.45, 2.75) is 6.42 Å². The number of para-hydroxylation sites is 1. The van der Waals surface area contributed by atoms with Crippen LogP contribution in [0.3, 0.4) is 0 Å². The molecule has 0 bridgehead atoms. The number of hydrogen-bond acceptors (Lipinski definition) is 4. The van der Waals surface area contributed by atoms with Crippen molar-refractivity contribution in [3.05, 3.63) is 48.0 Å². The minimum absolute atomic E-state index is 0.291. The smallest absolute Gasteiger partial charge is 0.319 e. The molecule has 0 aliphatic rings. The van der Waals surface area contributed by atoms with E-state index in [-0.39, 0.29) is 6.03 Å². The Bertz CT molecular complexity index is 666. The molecule has 0 unspecified atom stereocenters. The average Bonchev–Trinajstić information content (AvgIpc) is 2.61. The Hall–Kier alpha value is -2.89. The minimum Gasteiger partial charge on any atom is -0.497 e. The molecule has 6 heteroatoms. The summed E-state index contributed by atoms with van der Waals surface area (Å²) < 4.78 is 15.6. The lowest BCUT2D eigenvalue weighted by Gasteiger charge is -2.11. The van der Waals surface area contributed by atoms with Gasteiger partial charge in [0, 0.05) is 30.4 Å². The van der Waals surface area contributed by atoms with Gasteiger partial charge in [-0.1, -0.05) is 18.2 Å². The Kier molecular flexibility index (Phi) is 6.31. The molecule has 0 spiro atoms. The van der Waals surface area contributed by atoms with E-state index in [9.17, 15) is 4.79 Å². The van der Waals surface area contributed by atoms with Crippen molar-refractivity contribution < 1.29 is 19.0 Å². The molecule has 0 aliphatic heterocycles. The fourth-order valence-corrected chi connectivity index (χ4v) is 2.28. The largest absolute Gasteiger partial charge is 0.497 e. The van der Waals surface area contributed by atoms with E-state index in [1.54, 1.807) is 39.5 Å². The summed E-state index contributed by atoms with van der Waals surface area (Å²) in [5.74, 6) is 2.04. The topological polar surface area (TPSA) is 68.8 Å². The van der Waals surface area contributed by atoms with Gasteiger partial charge in [0.1, 0.15) is 17.2 Å². The number of benzene rings is 2. The fourth-order valence-electron chi connectivity index (χ4n) is 2.28. The minimum atomic E-state index is -0.291. The molecule has 0 saturated heterocycles. The molecule has 2 aromatic carbocycles. The Labute approximate surface area is 141 Å². The molecule has 0 atom stereocenters. The number of carbonyl (C=O) groups excluding carboxylic acids is 1. The van der Waals surface area contributed by atoms with Gasteiger partial charge in [-0.25, -0.2) is 4.79 Å². The second kappa shape index (κ2) is 8.67. The van der Waals surface area contributed by atoms with Crippen LogP contribution in [0, 0.1) is 0 Å². The predicted octanol–water partition coefficient (Wildman–Crippen LogP) is 3.08. The van der Waals surface area contributed by atoms with Crippen LogP contribution in [0.15, 0.2) is 42.5 Å². The summed E-state index contributed by atoms with van der Waals surface area (Å²) in [6, 6.07) is 12.6. The molecule has 6 nitrogen and oxygen atoms in total. The summed E-state index contributed by atoms with van der Waals surface area (Å²) >= 11 is 0. The van der Waals surface area contributed by atoms with Gasteiger partial charge in [0.05, 0.1) is 21.3 Å². The summed E-state index contributed by atoms with van der Waals surface area (Å²) in [6.45, 7) is 0.493. The van der Waals surface area contributed by atoms with E-state index in [1.807, 2.05) is 24.3 Å². The zero-order valence-corrected chi connectivity index (χ0v) is 14.1. The number of anilines is 1. The predicted molar refractivity (Wildman–Crippen MR) is 93.3 cm³/mol. The van der Waals surface area contributed by atoms with E-state index in [1.165, 1.54) is 0 Å². The number of hydrogen-bond donors (Lipinski definition) is 2. The first kappa shape index (κ1) is 17.5. The highest BCUT2D eigenvalue weighted by Crippen LogP contribution is 2.25. The Morgan fingerprint density at radius 3 is 2.25 bits per heavy atom. The van der Waals surface area contributed by atoms with Gasteiger partial charge in [-0.2, -0.15) is 0 Å². The third kappa shape index (κ3) is 4.81. The standard InChI is InChI=1S/C18H22N2O4/c1-22-15-10-14(11-16(12-15)23-2)20-18(21)19-9-8-13-6-4-5-7-17(13)24-3/h4-7,10-12H,8-9H2,1-3H3,(H2,19,20,21). The second-order valence-corrected chi connectivity index (χ2v) is 5.04. The first-order valence-electron chi connectivity index (χ1n) is 7.56. The third-order valence-corrected chi connectivity index (χ3v) is 3.48. The molecule has 0 aromatic heterocycles. The highest BCUT2D eigenvalue weighted by atomic mass is 16.5. The number of rotatable bonds is 7. The number of ether oxygens (including phenoxy) is 3. The number of carbonyl (C=O) groups is 1. The number of methoxy groups -OCH3 is 3. The van der Waals surface area contributed by atoms with Crippen molar-refractivity contribution in [1.82, 2.24) is 5.32 Å². The van der Waals surface area contributed by atoms with Crippen molar-refractivity contribution in [3.8, 4) is 17.2 Å². The molecular formula is C18H22N2O4. The SMILES string of the molecule is COc1cc(NC(=O)NCCc2ccccc2OC)cc(OC)c1. The monoisotopic (exact) mass is 330 g/mol. The number of nitrogens with one attached hydrogen (secondary N) is 2. The van der Waals surface area contributed by atoms with Crippen LogP contribution in [-0.2, 0) is 6.42 Å². The van der Waals surface area contributed by atoms with Crippen LogP contribution in [0.25, 0.3) is 0 Å². The van der Waals surface area contributed by atoms with Crippen molar-refractivity contribution in [2.24, 2.45) is 0 Å². The number of urea groups is 1. The summed E-state index contributed by atoms with van der Waals surface area (Å²) in [5, 5.41) is 5.58. The van der Waals surface area contributed by atoms with Gasteiger partial charge in [0.15, 0.2) is 0 Å². The Morgan fingerprint density at radius 1 is 0.958 bits per heavy atom. The summed E-state index contributed by atoms with van der Waals surface area (Å²) in [7, 11) is 4.76. The maximum atomic E-state index is 12.0. The van der Waals surface area contributed by atoms with Crippen LogP contribution in [0.1, 0.15) is 5.56 Å². The zero-order chi connectivity index (χ0) is 17.4. The van der Waals surface area contributed by atoms with E-state index in [0.717, 1.165) is 11.3 Å². The Morgan fingerprint density at radius 2 is 1.62 bits per heavy atom. The van der Waals surface area contributed by atoms with E-state index >= 15 is 0 Å². The molecule has 2 aromatic rings. The van der Waals surface area contributed by atoms with E-state index < -0.39 is 0 Å². The van der Waals surface area contributed by atoms with Crippen LogP contribution >= 0.6 is 0 Å². The fraction of sp³-hybridized carbons (Fsp3) is 0.278. The first-order valence-corrected chi connectivity index (χ1v) is 7.56. The molecule has 0 heterocycles. The van der Waals surface area contributed by atoms with E-state index in [2.05, 4.69) is 10.6 Å². The average molecular weight is 330 g/mol. The molecule has 24 heavy (non-hydrogen) atoms. The van der Waals surface area contributed by atoms with Gasteiger partial charge in [-0.05, 0) is 18.1 Å². The van der Waals surface area contributed by atoms with Gasteiger partial charge in [-0.3, -0.25) is 0 Å². The number of amides is 2. The molecule has 0 radical (unpaired) electrons. The van der Waals surface area contributed by atoms with E-state index in [4.69, 9.17) is 14.2 Å². The van der Waals surface area contributed by atoms with Crippen molar-refractivity contribution in [1.29, 1.82) is 0 Å². The molecule has 2 N–H and O–H groups in total. The van der Waals surface area contributed by atoms with Gasteiger partial charge in [-0.15, -0.1) is 0 Å². The van der Waals surface area contributed by atoms with Crippen molar-refractivity contribution in [2.75, 3.05) is 33.2 Å². The van der Waals surface area contributed by atoms with Crippen molar-refractivity contribution in [3.63, 3.8) is 0 Å². The van der Waals surface area contributed by atoms with Crippen molar-refractivity contribution >= 4 is 11.7 Å². The lowest BCUT2D eigenvalue weighted by molar-refractivity contribution is 0.252. The maximum Gasteiger partial charge on any atom is 0.319 e. The lowest BCUT2D eigenvalue weighted by atomic mass is 10.1. The molecular weight excluding hydrogens is 308 g/mol. The van der Waals surface area contributed by atoms with Gasteiger partial charge in [0.25, 0.3) is 0 Å².